The smallest absolute Gasteiger partial charge is 0.321 e. The fourth-order valence-electron chi connectivity index (χ4n) is 4.16. The number of nitrogens with zero attached hydrogens (tertiary/aromatic N) is 4. The molecule has 0 saturated carbocycles. The van der Waals surface area contributed by atoms with Crippen LogP contribution in [0.15, 0.2) is 55.0 Å². The first-order valence-electron chi connectivity index (χ1n) is 11.1. The van der Waals surface area contributed by atoms with E-state index in [-0.39, 0.29) is 17.8 Å². The molecule has 1 aromatic carbocycles. The van der Waals surface area contributed by atoms with E-state index >= 15 is 0 Å². The maximum absolute atomic E-state index is 14.5. The van der Waals surface area contributed by atoms with Crippen LogP contribution in [-0.2, 0) is 0 Å². The standard InChI is InChI=1S/C24H23ClFN7O/c25-16-9-18-19(12-29-21(18)28-11-16)22-30-13-20(26)23(32-22)27-10-15-5-4-8-33(14-15)24(34)31-17-6-2-1-3-7-17/h1-3,6-7,9,11-13,15H,4-5,8,10,14H2,(H,28,29)(H,31,34)(H,27,30,32)/t15-/m0/s1. The largest absolute Gasteiger partial charge is 0.367 e. The first kappa shape index (κ1) is 22.1. The second kappa shape index (κ2) is 9.64. The lowest BCUT2D eigenvalue weighted by molar-refractivity contribution is 0.180. The molecular formula is C24H23ClFN7O. The van der Waals surface area contributed by atoms with Crippen LogP contribution in [0, 0.1) is 11.7 Å². The van der Waals surface area contributed by atoms with Crippen LogP contribution in [0.2, 0.25) is 5.02 Å². The zero-order chi connectivity index (χ0) is 23.5. The molecule has 4 heterocycles. The number of anilines is 2. The van der Waals surface area contributed by atoms with Gasteiger partial charge in [0.25, 0.3) is 0 Å². The van der Waals surface area contributed by atoms with Crippen LogP contribution in [0.4, 0.5) is 20.7 Å². The van der Waals surface area contributed by atoms with Gasteiger partial charge in [0.05, 0.1) is 11.2 Å². The Kier molecular flexibility index (Phi) is 6.27. The normalized spacial score (nSPS) is 15.9. The second-order valence-electron chi connectivity index (χ2n) is 8.27. The van der Waals surface area contributed by atoms with Gasteiger partial charge in [-0.05, 0) is 37.0 Å². The summed E-state index contributed by atoms with van der Waals surface area (Å²) in [6.45, 7) is 1.76. The number of pyridine rings is 1. The molecule has 0 radical (unpaired) electrons. The summed E-state index contributed by atoms with van der Waals surface area (Å²) in [5, 5.41) is 7.30. The number of benzene rings is 1. The van der Waals surface area contributed by atoms with Crippen molar-refractivity contribution in [3.63, 3.8) is 0 Å². The monoisotopic (exact) mass is 479 g/mol. The van der Waals surface area contributed by atoms with Crippen molar-refractivity contribution >= 4 is 40.2 Å². The molecule has 0 spiro atoms. The minimum Gasteiger partial charge on any atom is -0.367 e. The van der Waals surface area contributed by atoms with Crippen LogP contribution >= 0.6 is 11.6 Å². The molecule has 3 aromatic heterocycles. The minimum atomic E-state index is -0.533. The van der Waals surface area contributed by atoms with Gasteiger partial charge in [0.1, 0.15) is 5.65 Å². The molecule has 2 amide bonds. The summed E-state index contributed by atoms with van der Waals surface area (Å²) in [6.07, 6.45) is 6.26. The number of amides is 2. The highest BCUT2D eigenvalue weighted by atomic mass is 35.5. The highest BCUT2D eigenvalue weighted by molar-refractivity contribution is 6.31. The maximum Gasteiger partial charge on any atom is 0.321 e. The van der Waals surface area contributed by atoms with Gasteiger partial charge in [-0.25, -0.2) is 24.1 Å². The van der Waals surface area contributed by atoms with Gasteiger partial charge in [0, 0.05) is 48.7 Å². The molecule has 1 fully saturated rings. The number of urea groups is 1. The summed E-state index contributed by atoms with van der Waals surface area (Å²) < 4.78 is 14.5. The summed E-state index contributed by atoms with van der Waals surface area (Å²) in [4.78, 5) is 30.3. The van der Waals surface area contributed by atoms with E-state index in [0.717, 1.165) is 30.1 Å². The predicted molar refractivity (Wildman–Crippen MR) is 130 cm³/mol. The molecule has 1 saturated heterocycles. The molecule has 1 atom stereocenters. The number of likely N-dealkylation sites (tertiary alicyclic amines) is 1. The zero-order valence-electron chi connectivity index (χ0n) is 18.3. The summed E-state index contributed by atoms with van der Waals surface area (Å²) in [6, 6.07) is 11.0. The minimum absolute atomic E-state index is 0.125. The number of hydrogen-bond donors (Lipinski definition) is 3. The highest BCUT2D eigenvalue weighted by Crippen LogP contribution is 2.28. The molecule has 0 bridgehead atoms. The molecule has 10 heteroatoms. The molecule has 1 aliphatic rings. The van der Waals surface area contributed by atoms with Crippen molar-refractivity contribution in [1.29, 1.82) is 0 Å². The average molecular weight is 480 g/mol. The van der Waals surface area contributed by atoms with Crippen LogP contribution in [0.1, 0.15) is 12.8 Å². The van der Waals surface area contributed by atoms with Gasteiger partial charge in [0.2, 0.25) is 0 Å². The number of aromatic nitrogens is 4. The van der Waals surface area contributed by atoms with Crippen molar-refractivity contribution < 1.29 is 9.18 Å². The van der Waals surface area contributed by atoms with Crippen LogP contribution in [-0.4, -0.2) is 50.5 Å². The number of para-hydroxylation sites is 1. The highest BCUT2D eigenvalue weighted by Gasteiger charge is 2.24. The molecule has 174 valence electrons. The van der Waals surface area contributed by atoms with Crippen molar-refractivity contribution in [2.45, 2.75) is 12.8 Å². The van der Waals surface area contributed by atoms with Gasteiger partial charge in [0.15, 0.2) is 17.5 Å². The number of fused-ring (bicyclic) bond motifs is 1. The van der Waals surface area contributed by atoms with Crippen LogP contribution in [0.25, 0.3) is 22.4 Å². The Morgan fingerprint density at radius 3 is 2.94 bits per heavy atom. The van der Waals surface area contributed by atoms with Crippen molar-refractivity contribution in [2.75, 3.05) is 30.3 Å². The number of carbonyl (C=O) groups excluding carboxylic acids is 1. The van der Waals surface area contributed by atoms with E-state index in [2.05, 4.69) is 30.6 Å². The fourth-order valence-corrected chi connectivity index (χ4v) is 4.32. The molecule has 8 nitrogen and oxygen atoms in total. The molecule has 0 aliphatic carbocycles. The van der Waals surface area contributed by atoms with E-state index in [9.17, 15) is 9.18 Å². The third-order valence-electron chi connectivity index (χ3n) is 5.87. The number of halogens is 2. The molecule has 5 rings (SSSR count). The molecule has 1 aliphatic heterocycles. The van der Waals surface area contributed by atoms with E-state index in [4.69, 9.17) is 11.6 Å². The zero-order valence-corrected chi connectivity index (χ0v) is 19.0. The van der Waals surface area contributed by atoms with E-state index in [1.165, 1.54) is 0 Å². The number of aromatic amines is 1. The Labute approximate surface area is 200 Å². The number of rotatable bonds is 5. The van der Waals surface area contributed by atoms with Crippen LogP contribution < -0.4 is 10.6 Å². The molecule has 3 N–H and O–H groups in total. The number of hydrogen-bond acceptors (Lipinski definition) is 5. The van der Waals surface area contributed by atoms with E-state index in [1.54, 1.807) is 23.4 Å². The predicted octanol–water partition coefficient (Wildman–Crippen LogP) is 5.17. The van der Waals surface area contributed by atoms with Gasteiger partial charge < -0.3 is 20.5 Å². The molecule has 34 heavy (non-hydrogen) atoms. The Hall–Kier alpha value is -3.72. The maximum atomic E-state index is 14.5. The summed E-state index contributed by atoms with van der Waals surface area (Å²) in [5.74, 6) is 0.130. The summed E-state index contributed by atoms with van der Waals surface area (Å²) in [7, 11) is 0. The van der Waals surface area contributed by atoms with Gasteiger partial charge in [-0.1, -0.05) is 29.8 Å². The van der Waals surface area contributed by atoms with Crippen molar-refractivity contribution in [1.82, 2.24) is 24.8 Å². The van der Waals surface area contributed by atoms with Gasteiger partial charge in [-0.2, -0.15) is 0 Å². The number of H-pyrrole nitrogens is 1. The molecule has 0 unspecified atom stereocenters. The quantitative estimate of drug-likeness (QED) is 0.367. The fraction of sp³-hybridized carbons (Fsp3) is 0.250. The molecular weight excluding hydrogens is 457 g/mol. The van der Waals surface area contributed by atoms with Gasteiger partial charge in [-0.3, -0.25) is 0 Å². The van der Waals surface area contributed by atoms with Gasteiger partial charge in [-0.15, -0.1) is 0 Å². The first-order chi connectivity index (χ1) is 16.6. The Balaban J connectivity index is 1.26. The second-order valence-corrected chi connectivity index (χ2v) is 8.71. The number of piperidine rings is 1. The van der Waals surface area contributed by atoms with Crippen molar-refractivity contribution in [2.24, 2.45) is 5.92 Å². The third kappa shape index (κ3) is 4.79. The van der Waals surface area contributed by atoms with E-state index < -0.39 is 5.82 Å². The van der Waals surface area contributed by atoms with E-state index in [0.29, 0.717) is 41.7 Å². The Bertz CT molecular complexity index is 1310. The number of nitrogens with one attached hydrogen (secondary N) is 3. The SMILES string of the molecule is O=C(Nc1ccccc1)N1CCC[C@@H](CNc2nc(-c3c[nH]c4ncc(Cl)cc34)ncc2F)C1. The van der Waals surface area contributed by atoms with Crippen LogP contribution in [0.3, 0.4) is 0 Å². The van der Waals surface area contributed by atoms with Crippen molar-refractivity contribution in [3.8, 4) is 11.4 Å². The molecule has 4 aromatic rings. The Morgan fingerprint density at radius 1 is 1.24 bits per heavy atom. The lowest BCUT2D eigenvalue weighted by Crippen LogP contribution is -2.44. The summed E-state index contributed by atoms with van der Waals surface area (Å²) >= 11 is 6.08. The van der Waals surface area contributed by atoms with Crippen molar-refractivity contribution in [3.05, 3.63) is 65.8 Å². The van der Waals surface area contributed by atoms with E-state index in [1.807, 2.05) is 30.3 Å². The topological polar surface area (TPSA) is 98.8 Å². The number of carbonyl (C=O) groups is 1. The Morgan fingerprint density at radius 2 is 2.09 bits per heavy atom. The summed E-state index contributed by atoms with van der Waals surface area (Å²) in [5.41, 5.74) is 2.10. The van der Waals surface area contributed by atoms with Gasteiger partial charge >= 0.3 is 6.03 Å². The lowest BCUT2D eigenvalue weighted by atomic mass is 9.98. The third-order valence-corrected chi connectivity index (χ3v) is 6.08. The lowest BCUT2D eigenvalue weighted by Gasteiger charge is -2.33. The average Bonchev–Trinajstić information content (AvgIpc) is 3.27. The first-order valence-corrected chi connectivity index (χ1v) is 11.4. The van der Waals surface area contributed by atoms with Crippen LogP contribution in [0.5, 0.6) is 0 Å².